The summed E-state index contributed by atoms with van der Waals surface area (Å²) in [6.45, 7) is 1.97. The number of carbonyl (C=O) groups excluding carboxylic acids is 2. The topological polar surface area (TPSA) is 76.3 Å². The molecule has 16 heavy (non-hydrogen) atoms. The van der Waals surface area contributed by atoms with Crippen LogP contribution in [0, 0.1) is 5.92 Å². The molecule has 1 unspecified atom stereocenters. The molecule has 1 aliphatic heterocycles. The van der Waals surface area contributed by atoms with Gasteiger partial charge in [0.25, 0.3) is 0 Å². The second kappa shape index (κ2) is 3.92. The first-order chi connectivity index (χ1) is 7.58. The first-order valence-electron chi connectivity index (χ1n) is 5.12. The number of carbonyl (C=O) groups is 2. The molecule has 0 saturated carbocycles. The van der Waals surface area contributed by atoms with Gasteiger partial charge < -0.3 is 5.73 Å². The molecule has 1 saturated heterocycles. The maximum absolute atomic E-state index is 11.7. The molecule has 2 rings (SSSR count). The fourth-order valence-electron chi connectivity index (χ4n) is 1.76. The highest BCUT2D eigenvalue weighted by Crippen LogP contribution is 2.20. The molecular weight excluding hydrogens is 206 g/mol. The van der Waals surface area contributed by atoms with Crippen LogP contribution in [-0.2, 0) is 16.1 Å². The van der Waals surface area contributed by atoms with Crippen molar-refractivity contribution < 1.29 is 9.59 Å². The number of nitrogens with two attached hydrogens (primary N) is 1. The van der Waals surface area contributed by atoms with Crippen molar-refractivity contribution in [3.05, 3.63) is 24.0 Å². The van der Waals surface area contributed by atoms with E-state index in [4.69, 9.17) is 5.73 Å². The molecule has 0 spiro atoms. The van der Waals surface area contributed by atoms with Crippen LogP contribution in [0.15, 0.2) is 18.3 Å². The van der Waals surface area contributed by atoms with Crippen LogP contribution in [0.3, 0.4) is 0 Å². The summed E-state index contributed by atoms with van der Waals surface area (Å²) in [6, 6.07) is 3.34. The molecule has 1 atom stereocenters. The Kier molecular flexibility index (Phi) is 2.60. The Morgan fingerprint density at radius 3 is 2.88 bits per heavy atom. The highest BCUT2D eigenvalue weighted by Gasteiger charge is 2.35. The van der Waals surface area contributed by atoms with Crippen molar-refractivity contribution in [2.24, 2.45) is 5.92 Å². The molecule has 5 heteroatoms. The maximum atomic E-state index is 11.7. The van der Waals surface area contributed by atoms with Crippen LogP contribution in [-0.4, -0.2) is 21.7 Å². The average molecular weight is 219 g/mol. The van der Waals surface area contributed by atoms with Gasteiger partial charge in [0, 0.05) is 24.2 Å². The van der Waals surface area contributed by atoms with E-state index in [-0.39, 0.29) is 24.3 Å². The number of hydrogen-bond donors (Lipinski definition) is 1. The summed E-state index contributed by atoms with van der Waals surface area (Å²) in [4.78, 5) is 28.5. The number of amides is 2. The number of nitrogens with zero attached hydrogens (tertiary/aromatic N) is 2. The van der Waals surface area contributed by atoms with Gasteiger partial charge in [0.05, 0.1) is 12.2 Å². The van der Waals surface area contributed by atoms with Crippen molar-refractivity contribution in [1.29, 1.82) is 0 Å². The number of rotatable bonds is 2. The predicted octanol–water partition coefficient (Wildman–Crippen LogP) is 0.559. The SMILES string of the molecule is CC1CC(=O)N(Cc2cc(N)ccn2)C1=O. The van der Waals surface area contributed by atoms with Gasteiger partial charge in [-0.15, -0.1) is 0 Å². The van der Waals surface area contributed by atoms with Gasteiger partial charge in [0.2, 0.25) is 11.8 Å². The molecule has 1 aromatic heterocycles. The summed E-state index contributed by atoms with van der Waals surface area (Å²) < 4.78 is 0. The van der Waals surface area contributed by atoms with Crippen LogP contribution in [0.1, 0.15) is 19.0 Å². The third kappa shape index (κ3) is 1.88. The van der Waals surface area contributed by atoms with E-state index >= 15 is 0 Å². The summed E-state index contributed by atoms with van der Waals surface area (Å²) in [6.07, 6.45) is 1.86. The van der Waals surface area contributed by atoms with Crippen LogP contribution < -0.4 is 5.73 Å². The van der Waals surface area contributed by atoms with Gasteiger partial charge in [-0.25, -0.2) is 0 Å². The first-order valence-corrected chi connectivity index (χ1v) is 5.12. The Morgan fingerprint density at radius 1 is 1.56 bits per heavy atom. The van der Waals surface area contributed by atoms with Crippen LogP contribution >= 0.6 is 0 Å². The molecule has 2 amide bonds. The number of likely N-dealkylation sites (tertiary alicyclic amines) is 1. The number of hydrogen-bond acceptors (Lipinski definition) is 4. The molecule has 0 aromatic carbocycles. The quantitative estimate of drug-likeness (QED) is 0.737. The van der Waals surface area contributed by atoms with E-state index < -0.39 is 0 Å². The monoisotopic (exact) mass is 219 g/mol. The standard InChI is InChI=1S/C11H13N3O2/c1-7-4-10(15)14(11(7)16)6-9-5-8(12)2-3-13-9/h2-3,5,7H,4,6H2,1H3,(H2,12,13). The fourth-order valence-corrected chi connectivity index (χ4v) is 1.76. The van der Waals surface area contributed by atoms with Crippen molar-refractivity contribution in [1.82, 2.24) is 9.88 Å². The Labute approximate surface area is 93.3 Å². The third-order valence-electron chi connectivity index (χ3n) is 2.63. The van der Waals surface area contributed by atoms with Crippen LogP contribution in [0.4, 0.5) is 5.69 Å². The second-order valence-corrected chi connectivity index (χ2v) is 4.00. The van der Waals surface area contributed by atoms with Crippen molar-refractivity contribution in [3.8, 4) is 0 Å². The van der Waals surface area contributed by atoms with Gasteiger partial charge in [-0.3, -0.25) is 19.5 Å². The molecular formula is C11H13N3O2. The molecule has 2 heterocycles. The largest absolute Gasteiger partial charge is 0.399 e. The summed E-state index contributed by atoms with van der Waals surface area (Å²) in [5, 5.41) is 0. The minimum atomic E-state index is -0.214. The molecule has 84 valence electrons. The highest BCUT2D eigenvalue weighted by atomic mass is 16.2. The number of anilines is 1. The van der Waals surface area contributed by atoms with E-state index in [0.29, 0.717) is 17.8 Å². The zero-order chi connectivity index (χ0) is 11.7. The van der Waals surface area contributed by atoms with E-state index in [2.05, 4.69) is 4.98 Å². The molecule has 0 radical (unpaired) electrons. The number of pyridine rings is 1. The van der Waals surface area contributed by atoms with Gasteiger partial charge in [-0.2, -0.15) is 0 Å². The maximum Gasteiger partial charge on any atom is 0.232 e. The van der Waals surface area contributed by atoms with Crippen LogP contribution in [0.25, 0.3) is 0 Å². The predicted molar refractivity (Wildman–Crippen MR) is 58.0 cm³/mol. The normalized spacial score (nSPS) is 20.6. The van der Waals surface area contributed by atoms with Gasteiger partial charge >= 0.3 is 0 Å². The highest BCUT2D eigenvalue weighted by molar-refractivity contribution is 6.03. The minimum Gasteiger partial charge on any atom is -0.399 e. The Balaban J connectivity index is 2.16. The Hall–Kier alpha value is -1.91. The summed E-state index contributed by atoms with van der Waals surface area (Å²) in [5.41, 5.74) is 6.82. The van der Waals surface area contributed by atoms with Crippen molar-refractivity contribution in [2.45, 2.75) is 19.9 Å². The molecule has 0 aliphatic carbocycles. The van der Waals surface area contributed by atoms with Gasteiger partial charge in [-0.05, 0) is 12.1 Å². The van der Waals surface area contributed by atoms with Crippen molar-refractivity contribution in [2.75, 3.05) is 5.73 Å². The lowest BCUT2D eigenvalue weighted by molar-refractivity contribution is -0.139. The first kappa shape index (κ1) is 10.6. The number of nitrogen functional groups attached to an aromatic ring is 1. The van der Waals surface area contributed by atoms with E-state index in [0.717, 1.165) is 0 Å². The lowest BCUT2D eigenvalue weighted by atomic mass is 10.1. The molecule has 0 bridgehead atoms. The van der Waals surface area contributed by atoms with E-state index in [1.807, 2.05) is 0 Å². The smallest absolute Gasteiger partial charge is 0.232 e. The van der Waals surface area contributed by atoms with E-state index in [1.54, 1.807) is 25.3 Å². The van der Waals surface area contributed by atoms with Gasteiger partial charge in [0.15, 0.2) is 0 Å². The van der Waals surface area contributed by atoms with Crippen molar-refractivity contribution in [3.63, 3.8) is 0 Å². The summed E-state index contributed by atoms with van der Waals surface area (Å²) in [5.74, 6) is -0.482. The lowest BCUT2D eigenvalue weighted by Crippen LogP contribution is -2.30. The van der Waals surface area contributed by atoms with E-state index in [1.165, 1.54) is 4.90 Å². The molecule has 1 fully saturated rings. The number of imide groups is 1. The summed E-state index contributed by atoms with van der Waals surface area (Å²) >= 11 is 0. The summed E-state index contributed by atoms with van der Waals surface area (Å²) in [7, 11) is 0. The zero-order valence-corrected chi connectivity index (χ0v) is 9.01. The number of aromatic nitrogens is 1. The molecule has 5 nitrogen and oxygen atoms in total. The minimum absolute atomic E-state index is 0.130. The van der Waals surface area contributed by atoms with E-state index in [9.17, 15) is 9.59 Å². The Morgan fingerprint density at radius 2 is 2.31 bits per heavy atom. The lowest BCUT2D eigenvalue weighted by Gasteiger charge is -2.13. The van der Waals surface area contributed by atoms with Crippen LogP contribution in [0.2, 0.25) is 0 Å². The van der Waals surface area contributed by atoms with Crippen LogP contribution in [0.5, 0.6) is 0 Å². The molecule has 1 aliphatic rings. The Bertz CT molecular complexity index is 445. The zero-order valence-electron chi connectivity index (χ0n) is 9.01. The third-order valence-corrected chi connectivity index (χ3v) is 2.63. The second-order valence-electron chi connectivity index (χ2n) is 4.00. The van der Waals surface area contributed by atoms with Gasteiger partial charge in [0.1, 0.15) is 0 Å². The average Bonchev–Trinajstić information content (AvgIpc) is 2.45. The molecule has 1 aromatic rings. The fraction of sp³-hybridized carbons (Fsp3) is 0.364. The molecule has 2 N–H and O–H groups in total. The van der Waals surface area contributed by atoms with Gasteiger partial charge in [-0.1, -0.05) is 6.92 Å². The van der Waals surface area contributed by atoms with Crippen molar-refractivity contribution >= 4 is 17.5 Å².